The maximum atomic E-state index is 12.5. The highest BCUT2D eigenvalue weighted by molar-refractivity contribution is 5.93. The van der Waals surface area contributed by atoms with Crippen molar-refractivity contribution >= 4 is 11.6 Å². The number of carbonyl (C=O) groups excluding carboxylic acids is 1. The Hall–Kier alpha value is -1.66. The van der Waals surface area contributed by atoms with Crippen LogP contribution in [-0.2, 0) is 0 Å². The van der Waals surface area contributed by atoms with Crippen LogP contribution in [0.25, 0.3) is 0 Å². The molecule has 0 aliphatic carbocycles. The van der Waals surface area contributed by atoms with Gasteiger partial charge >= 0.3 is 0 Å². The normalized spacial score (nSPS) is 10.9. The molecule has 0 atom stereocenters. The molecule has 0 saturated carbocycles. The summed E-state index contributed by atoms with van der Waals surface area (Å²) in [5.41, 5.74) is 3.63. The number of nitrogens with two attached hydrogens (primary N) is 1. The summed E-state index contributed by atoms with van der Waals surface area (Å²) in [7, 11) is 3.99. The average molecular weight is 279 g/mol. The Morgan fingerprint density at radius 2 is 2.10 bits per heavy atom. The van der Waals surface area contributed by atoms with Crippen molar-refractivity contribution in [2.45, 2.75) is 13.8 Å². The molecule has 0 aliphatic heterocycles. The molecule has 1 heterocycles. The number of rotatable bonds is 7. The van der Waals surface area contributed by atoms with Crippen LogP contribution in [0, 0.1) is 5.92 Å². The second kappa shape index (κ2) is 7.81. The van der Waals surface area contributed by atoms with E-state index in [4.69, 9.17) is 5.84 Å². The summed E-state index contributed by atoms with van der Waals surface area (Å²) in [6.07, 6.45) is 1.59. The molecular formula is C14H25N5O. The molecule has 6 nitrogen and oxygen atoms in total. The Kier molecular flexibility index (Phi) is 6.41. The molecule has 0 spiro atoms. The lowest BCUT2D eigenvalue weighted by Gasteiger charge is -2.26. The van der Waals surface area contributed by atoms with Crippen LogP contribution >= 0.6 is 0 Å². The van der Waals surface area contributed by atoms with Crippen LogP contribution in [0.2, 0.25) is 0 Å². The first-order valence-corrected chi connectivity index (χ1v) is 6.80. The Balaban J connectivity index is 2.84. The molecule has 1 rings (SSSR count). The second-order valence-electron chi connectivity index (χ2n) is 5.52. The van der Waals surface area contributed by atoms with Crippen LogP contribution in [0.4, 0.5) is 5.69 Å². The first-order valence-electron chi connectivity index (χ1n) is 6.80. The highest BCUT2D eigenvalue weighted by Crippen LogP contribution is 2.10. The summed E-state index contributed by atoms with van der Waals surface area (Å²) in [6, 6.07) is 3.40. The summed E-state index contributed by atoms with van der Waals surface area (Å²) >= 11 is 0. The van der Waals surface area contributed by atoms with Crippen molar-refractivity contribution < 1.29 is 4.79 Å². The molecule has 6 heteroatoms. The van der Waals surface area contributed by atoms with E-state index < -0.39 is 0 Å². The lowest BCUT2D eigenvalue weighted by molar-refractivity contribution is 0.0719. The number of hydrazine groups is 1. The van der Waals surface area contributed by atoms with E-state index in [-0.39, 0.29) is 5.91 Å². The fourth-order valence-corrected chi connectivity index (χ4v) is 1.84. The summed E-state index contributed by atoms with van der Waals surface area (Å²) in [5, 5.41) is 0. The van der Waals surface area contributed by atoms with E-state index in [0.29, 0.717) is 30.4 Å². The third kappa shape index (κ3) is 5.14. The smallest absolute Gasteiger partial charge is 0.272 e. The molecule has 0 fully saturated rings. The highest BCUT2D eigenvalue weighted by Gasteiger charge is 2.18. The van der Waals surface area contributed by atoms with Crippen LogP contribution in [0.1, 0.15) is 24.3 Å². The van der Waals surface area contributed by atoms with Crippen molar-refractivity contribution in [3.63, 3.8) is 0 Å². The molecule has 0 aliphatic rings. The minimum Gasteiger partial charge on any atom is -0.336 e. The van der Waals surface area contributed by atoms with Crippen LogP contribution in [0.5, 0.6) is 0 Å². The number of pyridine rings is 1. The van der Waals surface area contributed by atoms with Crippen LogP contribution < -0.4 is 11.3 Å². The molecule has 1 amide bonds. The molecule has 1 aromatic heterocycles. The lowest BCUT2D eigenvalue weighted by Crippen LogP contribution is -2.39. The van der Waals surface area contributed by atoms with Crippen LogP contribution in [-0.4, -0.2) is 54.4 Å². The Morgan fingerprint density at radius 1 is 1.40 bits per heavy atom. The number of nitrogens with zero attached hydrogens (tertiary/aromatic N) is 3. The number of hydrogen-bond acceptors (Lipinski definition) is 5. The average Bonchev–Trinajstić information content (AvgIpc) is 2.42. The van der Waals surface area contributed by atoms with E-state index in [1.54, 1.807) is 18.3 Å². The predicted molar refractivity (Wildman–Crippen MR) is 81.3 cm³/mol. The fraction of sp³-hybridized carbons (Fsp3) is 0.571. The Morgan fingerprint density at radius 3 is 2.65 bits per heavy atom. The van der Waals surface area contributed by atoms with Crippen molar-refractivity contribution in [1.29, 1.82) is 0 Å². The van der Waals surface area contributed by atoms with Gasteiger partial charge in [-0.3, -0.25) is 15.6 Å². The highest BCUT2D eigenvalue weighted by atomic mass is 16.2. The number of likely N-dealkylation sites (N-methyl/N-ethyl adjacent to an activating group) is 1. The van der Waals surface area contributed by atoms with Gasteiger partial charge in [0, 0.05) is 25.8 Å². The van der Waals surface area contributed by atoms with Gasteiger partial charge in [-0.15, -0.1) is 0 Å². The fourth-order valence-electron chi connectivity index (χ4n) is 1.84. The first-order chi connectivity index (χ1) is 9.43. The van der Waals surface area contributed by atoms with Gasteiger partial charge < -0.3 is 15.2 Å². The molecule has 20 heavy (non-hydrogen) atoms. The van der Waals surface area contributed by atoms with E-state index in [1.165, 1.54) is 0 Å². The van der Waals surface area contributed by atoms with Crippen molar-refractivity contribution in [2.24, 2.45) is 11.8 Å². The number of nitrogen functional groups attached to an aromatic ring is 1. The molecule has 3 N–H and O–H groups in total. The molecule has 0 bridgehead atoms. The van der Waals surface area contributed by atoms with Gasteiger partial charge in [0.15, 0.2) is 0 Å². The first kappa shape index (κ1) is 16.4. The second-order valence-corrected chi connectivity index (χ2v) is 5.52. The van der Waals surface area contributed by atoms with Gasteiger partial charge in [0.1, 0.15) is 5.69 Å². The van der Waals surface area contributed by atoms with Crippen LogP contribution in [0.15, 0.2) is 18.3 Å². The van der Waals surface area contributed by atoms with Crippen molar-refractivity contribution in [3.8, 4) is 0 Å². The van der Waals surface area contributed by atoms with Gasteiger partial charge in [-0.25, -0.2) is 0 Å². The molecule has 0 unspecified atom stereocenters. The maximum Gasteiger partial charge on any atom is 0.272 e. The third-order valence-corrected chi connectivity index (χ3v) is 2.84. The molecular weight excluding hydrogens is 254 g/mol. The van der Waals surface area contributed by atoms with Gasteiger partial charge in [-0.2, -0.15) is 0 Å². The topological polar surface area (TPSA) is 74.5 Å². The van der Waals surface area contributed by atoms with E-state index >= 15 is 0 Å². The van der Waals surface area contributed by atoms with Crippen molar-refractivity contribution in [2.75, 3.05) is 39.2 Å². The van der Waals surface area contributed by atoms with Gasteiger partial charge in [0.2, 0.25) is 0 Å². The Bertz CT molecular complexity index is 433. The van der Waals surface area contributed by atoms with Gasteiger partial charge in [-0.1, -0.05) is 13.8 Å². The Labute approximate surface area is 120 Å². The zero-order chi connectivity index (χ0) is 15.1. The standard InChI is InChI=1S/C14H25N5O/c1-11(2)10-19(8-7-18(3)4)14(20)13-9-12(17-15)5-6-16-13/h5-6,9,11H,7-8,10,15H2,1-4H3,(H,16,17). The quantitative estimate of drug-likeness (QED) is 0.576. The molecule has 112 valence electrons. The third-order valence-electron chi connectivity index (χ3n) is 2.84. The van der Waals surface area contributed by atoms with E-state index in [1.807, 2.05) is 19.0 Å². The molecule has 1 aromatic rings. The zero-order valence-corrected chi connectivity index (χ0v) is 12.8. The summed E-state index contributed by atoms with van der Waals surface area (Å²) in [4.78, 5) is 20.6. The lowest BCUT2D eigenvalue weighted by atomic mass is 10.2. The van der Waals surface area contributed by atoms with Gasteiger partial charge in [-0.05, 0) is 32.1 Å². The van der Waals surface area contributed by atoms with E-state index in [9.17, 15) is 4.79 Å². The number of amides is 1. The van der Waals surface area contributed by atoms with E-state index in [0.717, 1.165) is 6.54 Å². The summed E-state index contributed by atoms with van der Waals surface area (Å²) in [5.74, 6) is 5.72. The van der Waals surface area contributed by atoms with Gasteiger partial charge in [0.05, 0.1) is 5.69 Å². The number of nitrogens with one attached hydrogen (secondary N) is 1. The maximum absolute atomic E-state index is 12.5. The number of aromatic nitrogens is 1. The number of carbonyl (C=O) groups is 1. The summed E-state index contributed by atoms with van der Waals surface area (Å²) < 4.78 is 0. The number of anilines is 1. The predicted octanol–water partition coefficient (Wildman–Crippen LogP) is 1.03. The van der Waals surface area contributed by atoms with Crippen LogP contribution in [0.3, 0.4) is 0 Å². The molecule has 0 aromatic carbocycles. The molecule has 0 saturated heterocycles. The van der Waals surface area contributed by atoms with E-state index in [2.05, 4.69) is 29.2 Å². The SMILES string of the molecule is CC(C)CN(CCN(C)C)C(=O)c1cc(NN)ccn1. The minimum atomic E-state index is -0.0577. The van der Waals surface area contributed by atoms with Gasteiger partial charge in [0.25, 0.3) is 5.91 Å². The summed E-state index contributed by atoms with van der Waals surface area (Å²) in [6.45, 7) is 6.43. The molecule has 0 radical (unpaired) electrons. The zero-order valence-electron chi connectivity index (χ0n) is 12.8. The van der Waals surface area contributed by atoms with Crippen molar-refractivity contribution in [3.05, 3.63) is 24.0 Å². The largest absolute Gasteiger partial charge is 0.336 e. The minimum absolute atomic E-state index is 0.0577. The number of hydrogen-bond donors (Lipinski definition) is 2. The van der Waals surface area contributed by atoms with Crippen molar-refractivity contribution in [1.82, 2.24) is 14.8 Å². The monoisotopic (exact) mass is 279 g/mol.